The van der Waals surface area contributed by atoms with Crippen LogP contribution in [0, 0.1) is 5.82 Å². The summed E-state index contributed by atoms with van der Waals surface area (Å²) in [5.74, 6) is 1.30. The lowest BCUT2D eigenvalue weighted by Gasteiger charge is -2.11. The Morgan fingerprint density at radius 1 is 1.13 bits per heavy atom. The van der Waals surface area contributed by atoms with Gasteiger partial charge in [0, 0.05) is 30.4 Å². The van der Waals surface area contributed by atoms with Gasteiger partial charge in [0.1, 0.15) is 22.9 Å². The fourth-order valence-corrected chi connectivity index (χ4v) is 2.90. The zero-order valence-electron chi connectivity index (χ0n) is 16.2. The minimum Gasteiger partial charge on any atom is -0.494 e. The van der Waals surface area contributed by atoms with Gasteiger partial charge in [-0.25, -0.2) is 9.37 Å². The minimum absolute atomic E-state index is 0.00936. The standard InChI is InChI=1S/C22H19FN2O5/c1-2-27-15-6-5-14(18(23)10-15)12-25-21(26)17-4-3-9-24-22(17)30-16-7-8-19-20(11-16)29-13-28-19/h3-11H,2,12-13H2,1H3,(H,25,26). The Labute approximate surface area is 172 Å². The first-order chi connectivity index (χ1) is 14.6. The van der Waals surface area contributed by atoms with Gasteiger partial charge >= 0.3 is 0 Å². The third-order valence-electron chi connectivity index (χ3n) is 4.35. The molecular weight excluding hydrogens is 391 g/mol. The quantitative estimate of drug-likeness (QED) is 0.633. The number of amides is 1. The van der Waals surface area contributed by atoms with Crippen LogP contribution >= 0.6 is 0 Å². The van der Waals surface area contributed by atoms with Gasteiger partial charge in [-0.15, -0.1) is 0 Å². The number of rotatable bonds is 7. The molecule has 0 aliphatic carbocycles. The van der Waals surface area contributed by atoms with Crippen LogP contribution in [-0.4, -0.2) is 24.3 Å². The molecule has 1 amide bonds. The normalized spacial score (nSPS) is 11.8. The van der Waals surface area contributed by atoms with Crippen molar-refractivity contribution < 1.29 is 28.1 Å². The van der Waals surface area contributed by atoms with Crippen molar-refractivity contribution in [3.05, 3.63) is 71.7 Å². The van der Waals surface area contributed by atoms with Crippen molar-refractivity contribution in [1.82, 2.24) is 10.3 Å². The van der Waals surface area contributed by atoms with E-state index in [2.05, 4.69) is 10.3 Å². The van der Waals surface area contributed by atoms with E-state index in [0.717, 1.165) is 0 Å². The van der Waals surface area contributed by atoms with E-state index in [1.165, 1.54) is 12.3 Å². The number of hydrogen-bond donors (Lipinski definition) is 1. The molecule has 0 saturated heterocycles. The predicted octanol–water partition coefficient (Wildman–Crippen LogP) is 4.07. The summed E-state index contributed by atoms with van der Waals surface area (Å²) in [6, 6.07) is 12.8. The first kappa shape index (κ1) is 19.5. The third kappa shape index (κ3) is 4.27. The average Bonchev–Trinajstić information content (AvgIpc) is 3.21. The van der Waals surface area contributed by atoms with Crippen LogP contribution in [0.4, 0.5) is 4.39 Å². The van der Waals surface area contributed by atoms with Crippen molar-refractivity contribution in [1.29, 1.82) is 0 Å². The molecular formula is C22H19FN2O5. The molecule has 0 atom stereocenters. The summed E-state index contributed by atoms with van der Waals surface area (Å²) in [6.07, 6.45) is 1.52. The molecule has 3 aromatic rings. The number of carbonyl (C=O) groups excluding carboxylic acids is 1. The number of nitrogens with zero attached hydrogens (tertiary/aromatic N) is 1. The van der Waals surface area contributed by atoms with Gasteiger partial charge < -0.3 is 24.3 Å². The first-order valence-corrected chi connectivity index (χ1v) is 9.36. The van der Waals surface area contributed by atoms with Gasteiger partial charge in [0.05, 0.1) is 6.61 Å². The molecule has 2 heterocycles. The molecule has 0 saturated carbocycles. The van der Waals surface area contributed by atoms with Crippen molar-refractivity contribution in [2.24, 2.45) is 0 Å². The number of hydrogen-bond acceptors (Lipinski definition) is 6. The molecule has 0 bridgehead atoms. The van der Waals surface area contributed by atoms with Crippen molar-refractivity contribution >= 4 is 5.91 Å². The monoisotopic (exact) mass is 410 g/mol. The molecule has 8 heteroatoms. The number of halogens is 1. The molecule has 1 aromatic heterocycles. The second kappa shape index (κ2) is 8.69. The largest absolute Gasteiger partial charge is 0.494 e. The lowest BCUT2D eigenvalue weighted by molar-refractivity contribution is 0.0947. The predicted molar refractivity (Wildman–Crippen MR) is 106 cm³/mol. The molecule has 7 nitrogen and oxygen atoms in total. The summed E-state index contributed by atoms with van der Waals surface area (Å²) < 4.78 is 35.9. The average molecular weight is 410 g/mol. The SMILES string of the molecule is CCOc1ccc(CNC(=O)c2cccnc2Oc2ccc3c(c2)OCO3)c(F)c1. The van der Waals surface area contributed by atoms with E-state index in [9.17, 15) is 9.18 Å². The van der Waals surface area contributed by atoms with E-state index in [4.69, 9.17) is 18.9 Å². The maximum Gasteiger partial charge on any atom is 0.257 e. The van der Waals surface area contributed by atoms with E-state index >= 15 is 0 Å². The number of carbonyl (C=O) groups is 1. The third-order valence-corrected chi connectivity index (χ3v) is 4.35. The molecule has 4 rings (SSSR count). The smallest absolute Gasteiger partial charge is 0.257 e. The molecule has 0 spiro atoms. The lowest BCUT2D eigenvalue weighted by atomic mass is 10.2. The number of fused-ring (bicyclic) bond motifs is 1. The lowest BCUT2D eigenvalue weighted by Crippen LogP contribution is -2.24. The summed E-state index contributed by atoms with van der Waals surface area (Å²) in [5.41, 5.74) is 0.565. The van der Waals surface area contributed by atoms with Crippen LogP contribution in [-0.2, 0) is 6.54 Å². The molecule has 0 radical (unpaired) electrons. The molecule has 1 aliphatic rings. The van der Waals surface area contributed by atoms with E-state index in [1.54, 1.807) is 42.5 Å². The molecule has 2 aromatic carbocycles. The Morgan fingerprint density at radius 3 is 2.80 bits per heavy atom. The molecule has 30 heavy (non-hydrogen) atoms. The van der Waals surface area contributed by atoms with Crippen LogP contribution in [0.5, 0.6) is 28.9 Å². The Hall–Kier alpha value is -3.81. The van der Waals surface area contributed by atoms with Crippen molar-refractivity contribution in [3.63, 3.8) is 0 Å². The number of ether oxygens (including phenoxy) is 4. The fraction of sp³-hybridized carbons (Fsp3) is 0.182. The molecule has 1 aliphatic heterocycles. The highest BCUT2D eigenvalue weighted by Crippen LogP contribution is 2.36. The van der Waals surface area contributed by atoms with Crippen molar-refractivity contribution in [3.8, 4) is 28.9 Å². The van der Waals surface area contributed by atoms with Gasteiger partial charge in [-0.2, -0.15) is 0 Å². The Kier molecular flexibility index (Phi) is 5.65. The second-order valence-corrected chi connectivity index (χ2v) is 6.34. The Balaban J connectivity index is 1.46. The Morgan fingerprint density at radius 2 is 1.97 bits per heavy atom. The zero-order valence-corrected chi connectivity index (χ0v) is 16.2. The van der Waals surface area contributed by atoms with Gasteiger partial charge in [-0.3, -0.25) is 4.79 Å². The van der Waals surface area contributed by atoms with E-state index in [-0.39, 0.29) is 24.8 Å². The summed E-state index contributed by atoms with van der Waals surface area (Å²) >= 11 is 0. The van der Waals surface area contributed by atoms with Crippen molar-refractivity contribution in [2.75, 3.05) is 13.4 Å². The highest BCUT2D eigenvalue weighted by Gasteiger charge is 2.18. The topological polar surface area (TPSA) is 78.9 Å². The summed E-state index contributed by atoms with van der Waals surface area (Å²) in [5, 5.41) is 2.69. The molecule has 0 fully saturated rings. The zero-order chi connectivity index (χ0) is 20.9. The van der Waals surface area contributed by atoms with Gasteiger partial charge in [0.25, 0.3) is 5.91 Å². The fourth-order valence-electron chi connectivity index (χ4n) is 2.90. The maximum absolute atomic E-state index is 14.2. The number of pyridine rings is 1. The molecule has 1 N–H and O–H groups in total. The van der Waals surface area contributed by atoms with Gasteiger partial charge in [0.15, 0.2) is 11.5 Å². The van der Waals surface area contributed by atoms with Gasteiger partial charge in [0.2, 0.25) is 12.7 Å². The van der Waals surface area contributed by atoms with E-state index in [1.807, 2.05) is 6.92 Å². The van der Waals surface area contributed by atoms with Crippen molar-refractivity contribution in [2.45, 2.75) is 13.5 Å². The highest BCUT2D eigenvalue weighted by atomic mass is 19.1. The van der Waals surface area contributed by atoms with Crippen LogP contribution in [0.2, 0.25) is 0 Å². The van der Waals surface area contributed by atoms with Crippen LogP contribution in [0.25, 0.3) is 0 Å². The summed E-state index contributed by atoms with van der Waals surface area (Å²) in [6.45, 7) is 2.43. The van der Waals surface area contributed by atoms with Crippen LogP contribution in [0.3, 0.4) is 0 Å². The summed E-state index contributed by atoms with van der Waals surface area (Å²) in [7, 11) is 0. The molecule has 0 unspecified atom stereocenters. The van der Waals surface area contributed by atoms with Crippen LogP contribution in [0.1, 0.15) is 22.8 Å². The van der Waals surface area contributed by atoms with Crippen LogP contribution < -0.4 is 24.3 Å². The molecule has 154 valence electrons. The second-order valence-electron chi connectivity index (χ2n) is 6.34. The van der Waals surface area contributed by atoms with Gasteiger partial charge in [-0.1, -0.05) is 6.07 Å². The number of aromatic nitrogens is 1. The highest BCUT2D eigenvalue weighted by molar-refractivity contribution is 5.96. The van der Waals surface area contributed by atoms with E-state index < -0.39 is 11.7 Å². The van der Waals surface area contributed by atoms with Crippen LogP contribution in [0.15, 0.2) is 54.7 Å². The number of nitrogens with one attached hydrogen (secondary N) is 1. The number of benzene rings is 2. The summed E-state index contributed by atoms with van der Waals surface area (Å²) in [4.78, 5) is 16.8. The minimum atomic E-state index is -0.454. The van der Waals surface area contributed by atoms with Gasteiger partial charge in [-0.05, 0) is 37.3 Å². The maximum atomic E-state index is 14.2. The van der Waals surface area contributed by atoms with E-state index in [0.29, 0.717) is 35.2 Å². The first-order valence-electron chi connectivity index (χ1n) is 9.36. The Bertz CT molecular complexity index is 1070.